The maximum absolute atomic E-state index is 10.7. The standard InChI is InChI=1S/C7H13NO3.ClH/c1-11-7(6(9)10)3-2-4-8-5-7;/h8H,2-5H2,1H3,(H,9,10);1H. The van der Waals surface area contributed by atoms with Gasteiger partial charge >= 0.3 is 5.97 Å². The number of carboxylic acid groups (broad SMARTS) is 1. The summed E-state index contributed by atoms with van der Waals surface area (Å²) in [7, 11) is 1.45. The molecule has 1 heterocycles. The smallest absolute Gasteiger partial charge is 0.337 e. The first-order chi connectivity index (χ1) is 5.21. The molecular weight excluding hydrogens is 182 g/mol. The van der Waals surface area contributed by atoms with Crippen molar-refractivity contribution in [3.8, 4) is 0 Å². The summed E-state index contributed by atoms with van der Waals surface area (Å²) in [6.07, 6.45) is 1.46. The number of halogens is 1. The van der Waals surface area contributed by atoms with E-state index in [-0.39, 0.29) is 12.4 Å². The van der Waals surface area contributed by atoms with Crippen molar-refractivity contribution in [2.24, 2.45) is 0 Å². The van der Waals surface area contributed by atoms with Gasteiger partial charge in [-0.2, -0.15) is 0 Å². The van der Waals surface area contributed by atoms with Crippen LogP contribution < -0.4 is 5.32 Å². The zero-order valence-corrected chi connectivity index (χ0v) is 7.82. The van der Waals surface area contributed by atoms with Gasteiger partial charge in [0.2, 0.25) is 0 Å². The minimum atomic E-state index is -0.974. The van der Waals surface area contributed by atoms with E-state index in [4.69, 9.17) is 9.84 Å². The highest BCUT2D eigenvalue weighted by molar-refractivity contribution is 5.85. The van der Waals surface area contributed by atoms with Gasteiger partial charge in [0.25, 0.3) is 0 Å². The van der Waals surface area contributed by atoms with Crippen LogP contribution in [0.1, 0.15) is 12.8 Å². The Morgan fingerprint density at radius 1 is 1.67 bits per heavy atom. The summed E-state index contributed by atoms with van der Waals surface area (Å²) in [5.41, 5.74) is -0.974. The Morgan fingerprint density at radius 3 is 2.58 bits per heavy atom. The number of nitrogens with one attached hydrogen (secondary N) is 1. The number of carboxylic acids is 1. The SMILES string of the molecule is COC1(C(=O)O)CCCNC1.Cl. The second kappa shape index (κ2) is 4.64. The molecule has 0 aromatic rings. The first-order valence-corrected chi connectivity index (χ1v) is 3.70. The number of rotatable bonds is 2. The van der Waals surface area contributed by atoms with Crippen molar-refractivity contribution in [3.63, 3.8) is 0 Å². The van der Waals surface area contributed by atoms with Crippen LogP contribution in [0.5, 0.6) is 0 Å². The molecule has 0 amide bonds. The van der Waals surface area contributed by atoms with Gasteiger partial charge in [0.15, 0.2) is 5.60 Å². The highest BCUT2D eigenvalue weighted by Crippen LogP contribution is 2.19. The Morgan fingerprint density at radius 2 is 2.33 bits per heavy atom. The van der Waals surface area contributed by atoms with Gasteiger partial charge in [-0.05, 0) is 19.4 Å². The fraction of sp³-hybridized carbons (Fsp3) is 0.857. The molecule has 1 fully saturated rings. The van der Waals surface area contributed by atoms with E-state index in [0.29, 0.717) is 13.0 Å². The quantitative estimate of drug-likeness (QED) is 0.664. The molecule has 1 rings (SSSR count). The van der Waals surface area contributed by atoms with Crippen molar-refractivity contribution in [1.82, 2.24) is 5.32 Å². The van der Waals surface area contributed by atoms with Crippen LogP contribution in [0.3, 0.4) is 0 Å². The van der Waals surface area contributed by atoms with Gasteiger partial charge < -0.3 is 15.2 Å². The molecule has 4 nitrogen and oxygen atoms in total. The molecule has 0 saturated carbocycles. The van der Waals surface area contributed by atoms with Gasteiger partial charge in [-0.25, -0.2) is 4.79 Å². The second-order valence-electron chi connectivity index (χ2n) is 2.78. The molecular formula is C7H14ClNO3. The van der Waals surface area contributed by atoms with Gasteiger partial charge in [0.05, 0.1) is 0 Å². The fourth-order valence-corrected chi connectivity index (χ4v) is 1.32. The van der Waals surface area contributed by atoms with Crippen molar-refractivity contribution in [2.75, 3.05) is 20.2 Å². The Kier molecular flexibility index (Phi) is 4.52. The number of hydrogen-bond acceptors (Lipinski definition) is 3. The van der Waals surface area contributed by atoms with Gasteiger partial charge in [-0.15, -0.1) is 12.4 Å². The third kappa shape index (κ3) is 2.09. The largest absolute Gasteiger partial charge is 0.479 e. The fourth-order valence-electron chi connectivity index (χ4n) is 1.32. The third-order valence-electron chi connectivity index (χ3n) is 2.13. The minimum Gasteiger partial charge on any atom is -0.479 e. The maximum atomic E-state index is 10.7. The summed E-state index contributed by atoms with van der Waals surface area (Å²) in [4.78, 5) is 10.7. The normalized spacial score (nSPS) is 29.1. The molecule has 2 N–H and O–H groups in total. The number of ether oxygens (including phenoxy) is 1. The lowest BCUT2D eigenvalue weighted by molar-refractivity contribution is -0.164. The lowest BCUT2D eigenvalue weighted by Crippen LogP contribution is -2.52. The number of hydrogen-bond donors (Lipinski definition) is 2. The molecule has 0 spiro atoms. The predicted molar refractivity (Wildman–Crippen MR) is 46.7 cm³/mol. The van der Waals surface area contributed by atoms with Crippen LogP contribution in [0.25, 0.3) is 0 Å². The molecule has 0 aromatic heterocycles. The monoisotopic (exact) mass is 195 g/mol. The number of methoxy groups -OCH3 is 1. The second-order valence-corrected chi connectivity index (χ2v) is 2.78. The van der Waals surface area contributed by atoms with Crippen LogP contribution in [-0.4, -0.2) is 36.9 Å². The molecule has 0 aliphatic carbocycles. The molecule has 72 valence electrons. The topological polar surface area (TPSA) is 58.6 Å². The van der Waals surface area contributed by atoms with Crippen molar-refractivity contribution in [2.45, 2.75) is 18.4 Å². The Labute approximate surface area is 77.7 Å². The van der Waals surface area contributed by atoms with Gasteiger partial charge in [0, 0.05) is 13.7 Å². The Bertz CT molecular complexity index is 157. The molecule has 0 bridgehead atoms. The highest BCUT2D eigenvalue weighted by atomic mass is 35.5. The van der Waals surface area contributed by atoms with Crippen LogP contribution in [0.2, 0.25) is 0 Å². The van der Waals surface area contributed by atoms with E-state index >= 15 is 0 Å². The van der Waals surface area contributed by atoms with E-state index in [1.54, 1.807) is 0 Å². The Balaban J connectivity index is 0.00000121. The summed E-state index contributed by atoms with van der Waals surface area (Å²) < 4.78 is 4.98. The number of carbonyl (C=O) groups is 1. The van der Waals surface area contributed by atoms with Crippen molar-refractivity contribution in [1.29, 1.82) is 0 Å². The average molecular weight is 196 g/mol. The summed E-state index contributed by atoms with van der Waals surface area (Å²) in [5, 5.41) is 11.8. The molecule has 12 heavy (non-hydrogen) atoms. The summed E-state index contributed by atoms with van der Waals surface area (Å²) in [6, 6.07) is 0. The zero-order chi connectivity index (χ0) is 8.32. The van der Waals surface area contributed by atoms with Gasteiger partial charge in [-0.1, -0.05) is 0 Å². The van der Waals surface area contributed by atoms with Gasteiger partial charge in [0.1, 0.15) is 0 Å². The van der Waals surface area contributed by atoms with Crippen LogP contribution in [-0.2, 0) is 9.53 Å². The van der Waals surface area contributed by atoms with Crippen LogP contribution >= 0.6 is 12.4 Å². The Hall–Kier alpha value is -0.320. The van der Waals surface area contributed by atoms with E-state index in [1.165, 1.54) is 7.11 Å². The van der Waals surface area contributed by atoms with Crippen LogP contribution in [0.4, 0.5) is 0 Å². The first-order valence-electron chi connectivity index (χ1n) is 3.70. The van der Waals surface area contributed by atoms with Gasteiger partial charge in [-0.3, -0.25) is 0 Å². The highest BCUT2D eigenvalue weighted by Gasteiger charge is 2.39. The molecule has 1 saturated heterocycles. The average Bonchev–Trinajstić information content (AvgIpc) is 2.05. The number of piperidine rings is 1. The molecule has 1 aliphatic rings. The number of aliphatic carboxylic acids is 1. The van der Waals surface area contributed by atoms with Crippen molar-refractivity contribution < 1.29 is 14.6 Å². The van der Waals surface area contributed by atoms with Crippen LogP contribution in [0.15, 0.2) is 0 Å². The molecule has 1 aliphatic heterocycles. The van der Waals surface area contributed by atoms with E-state index in [9.17, 15) is 4.79 Å². The lowest BCUT2D eigenvalue weighted by atomic mass is 9.94. The minimum absolute atomic E-state index is 0. The van der Waals surface area contributed by atoms with E-state index < -0.39 is 11.6 Å². The molecule has 1 unspecified atom stereocenters. The molecule has 0 radical (unpaired) electrons. The van der Waals surface area contributed by atoms with Crippen LogP contribution in [0, 0.1) is 0 Å². The molecule has 1 atom stereocenters. The van der Waals surface area contributed by atoms with Crippen molar-refractivity contribution in [3.05, 3.63) is 0 Å². The lowest BCUT2D eigenvalue weighted by Gasteiger charge is -2.31. The predicted octanol–water partition coefficient (Wildman–Crippen LogP) is 0.261. The van der Waals surface area contributed by atoms with E-state index in [2.05, 4.69) is 5.32 Å². The first kappa shape index (κ1) is 11.7. The van der Waals surface area contributed by atoms with E-state index in [0.717, 1.165) is 13.0 Å². The zero-order valence-electron chi connectivity index (χ0n) is 7.00. The van der Waals surface area contributed by atoms with Crippen molar-refractivity contribution >= 4 is 18.4 Å². The van der Waals surface area contributed by atoms with E-state index in [1.807, 2.05) is 0 Å². The maximum Gasteiger partial charge on any atom is 0.337 e. The summed E-state index contributed by atoms with van der Waals surface area (Å²) in [6.45, 7) is 1.30. The summed E-state index contributed by atoms with van der Waals surface area (Å²) in [5.74, 6) is -0.868. The molecule has 5 heteroatoms. The third-order valence-corrected chi connectivity index (χ3v) is 2.13. The molecule has 0 aromatic carbocycles. The summed E-state index contributed by atoms with van der Waals surface area (Å²) >= 11 is 0.